The van der Waals surface area contributed by atoms with E-state index in [0.29, 0.717) is 23.3 Å². The van der Waals surface area contributed by atoms with Crippen LogP contribution in [-0.2, 0) is 10.0 Å². The second-order valence-electron chi connectivity index (χ2n) is 5.24. The van der Waals surface area contributed by atoms with Gasteiger partial charge in [-0.1, -0.05) is 25.7 Å². The molecule has 2 rings (SSSR count). The van der Waals surface area contributed by atoms with Crippen LogP contribution in [0.4, 0.5) is 0 Å². The van der Waals surface area contributed by atoms with Crippen LogP contribution >= 0.6 is 23.7 Å². The van der Waals surface area contributed by atoms with E-state index in [0.717, 1.165) is 5.01 Å². The van der Waals surface area contributed by atoms with Crippen molar-refractivity contribution >= 4 is 33.8 Å². The van der Waals surface area contributed by atoms with Crippen molar-refractivity contribution < 1.29 is 8.42 Å². The van der Waals surface area contributed by atoms with E-state index in [1.165, 1.54) is 56.1 Å². The van der Waals surface area contributed by atoms with E-state index in [1.807, 2.05) is 0 Å². The van der Waals surface area contributed by atoms with Crippen LogP contribution in [-0.4, -0.2) is 32.5 Å². The molecule has 1 saturated carbocycles. The van der Waals surface area contributed by atoms with E-state index in [9.17, 15) is 8.42 Å². The smallest absolute Gasteiger partial charge is 0.251 e. The Labute approximate surface area is 137 Å². The number of aromatic nitrogens is 1. The van der Waals surface area contributed by atoms with E-state index < -0.39 is 10.0 Å². The highest BCUT2D eigenvalue weighted by molar-refractivity contribution is 7.91. The second-order valence-corrected chi connectivity index (χ2v) is 8.47. The lowest BCUT2D eigenvalue weighted by molar-refractivity contribution is 0.461. The SMILES string of the molecule is Cc1ncc(S(=O)(=O)NCCNC2CCCCCC2)s1.Cl. The highest BCUT2D eigenvalue weighted by Gasteiger charge is 2.17. The monoisotopic (exact) mass is 353 g/mol. The molecule has 1 heterocycles. The van der Waals surface area contributed by atoms with Crippen LogP contribution in [0.3, 0.4) is 0 Å². The average molecular weight is 354 g/mol. The summed E-state index contributed by atoms with van der Waals surface area (Å²) in [5.74, 6) is 0. The summed E-state index contributed by atoms with van der Waals surface area (Å²) < 4.78 is 26.9. The zero-order valence-electron chi connectivity index (χ0n) is 12.3. The lowest BCUT2D eigenvalue weighted by Crippen LogP contribution is -2.36. The van der Waals surface area contributed by atoms with Crippen molar-refractivity contribution in [3.05, 3.63) is 11.2 Å². The third-order valence-electron chi connectivity index (χ3n) is 3.57. The fraction of sp³-hybridized carbons (Fsp3) is 0.769. The maximum absolute atomic E-state index is 12.0. The maximum Gasteiger partial charge on any atom is 0.251 e. The molecular formula is C13H24ClN3O2S2. The Hall–Kier alpha value is -0.210. The van der Waals surface area contributed by atoms with Crippen LogP contribution < -0.4 is 10.0 Å². The molecule has 0 bridgehead atoms. The van der Waals surface area contributed by atoms with Gasteiger partial charge < -0.3 is 5.32 Å². The van der Waals surface area contributed by atoms with E-state index in [-0.39, 0.29) is 12.4 Å². The highest BCUT2D eigenvalue weighted by Crippen LogP contribution is 2.18. The molecule has 0 atom stereocenters. The number of halogens is 1. The zero-order valence-corrected chi connectivity index (χ0v) is 14.7. The summed E-state index contributed by atoms with van der Waals surface area (Å²) in [6, 6.07) is 0.549. The Bertz CT molecular complexity index is 511. The van der Waals surface area contributed by atoms with Gasteiger partial charge in [0.25, 0.3) is 10.0 Å². The quantitative estimate of drug-likeness (QED) is 0.608. The Morgan fingerprint density at radius 1 is 1.24 bits per heavy atom. The van der Waals surface area contributed by atoms with Crippen LogP contribution in [0.2, 0.25) is 0 Å². The highest BCUT2D eigenvalue weighted by atomic mass is 35.5. The first-order chi connectivity index (χ1) is 9.58. The maximum atomic E-state index is 12.0. The van der Waals surface area contributed by atoms with Gasteiger partial charge in [-0.05, 0) is 19.8 Å². The van der Waals surface area contributed by atoms with Crippen molar-refractivity contribution in [3.8, 4) is 0 Å². The molecule has 21 heavy (non-hydrogen) atoms. The van der Waals surface area contributed by atoms with E-state index >= 15 is 0 Å². The fourth-order valence-corrected chi connectivity index (χ4v) is 4.67. The molecule has 0 unspecified atom stereocenters. The van der Waals surface area contributed by atoms with Crippen molar-refractivity contribution in [3.63, 3.8) is 0 Å². The number of aryl methyl sites for hydroxylation is 1. The summed E-state index contributed by atoms with van der Waals surface area (Å²) in [7, 11) is -3.38. The van der Waals surface area contributed by atoms with Gasteiger partial charge in [-0.15, -0.1) is 23.7 Å². The van der Waals surface area contributed by atoms with Gasteiger partial charge in [0.05, 0.1) is 11.2 Å². The molecule has 0 radical (unpaired) electrons. The Morgan fingerprint density at radius 2 is 1.90 bits per heavy atom. The number of hydrogen-bond donors (Lipinski definition) is 2. The van der Waals surface area contributed by atoms with Gasteiger partial charge in [-0.25, -0.2) is 18.1 Å². The summed E-state index contributed by atoms with van der Waals surface area (Å²) in [6.45, 7) is 2.91. The van der Waals surface area contributed by atoms with Gasteiger partial charge in [0.2, 0.25) is 0 Å². The number of thiazole rings is 1. The van der Waals surface area contributed by atoms with Gasteiger partial charge in [0.1, 0.15) is 0 Å². The van der Waals surface area contributed by atoms with Gasteiger partial charge >= 0.3 is 0 Å². The van der Waals surface area contributed by atoms with Crippen LogP contribution in [0.5, 0.6) is 0 Å². The molecule has 1 aromatic rings. The van der Waals surface area contributed by atoms with E-state index in [1.54, 1.807) is 6.92 Å². The predicted octanol–water partition coefficient (Wildman–Crippen LogP) is 2.46. The molecule has 122 valence electrons. The third-order valence-corrected chi connectivity index (χ3v) is 6.41. The number of sulfonamides is 1. The molecule has 1 aliphatic carbocycles. The molecule has 0 spiro atoms. The van der Waals surface area contributed by atoms with Gasteiger partial charge in [0.15, 0.2) is 4.21 Å². The molecule has 0 aliphatic heterocycles. The Balaban J connectivity index is 0.00000220. The summed E-state index contributed by atoms with van der Waals surface area (Å²) in [5.41, 5.74) is 0. The van der Waals surface area contributed by atoms with Crippen LogP contribution in [0, 0.1) is 6.92 Å². The summed E-state index contributed by atoms with van der Waals surface area (Å²) in [6.07, 6.45) is 9.06. The minimum atomic E-state index is -3.38. The molecule has 2 N–H and O–H groups in total. The van der Waals surface area contributed by atoms with Crippen LogP contribution in [0.1, 0.15) is 43.5 Å². The molecule has 1 aromatic heterocycles. The lowest BCUT2D eigenvalue weighted by atomic mass is 10.1. The Kier molecular flexibility index (Phi) is 8.12. The first kappa shape index (κ1) is 18.8. The number of hydrogen-bond acceptors (Lipinski definition) is 5. The van der Waals surface area contributed by atoms with Crippen molar-refractivity contribution in [1.29, 1.82) is 0 Å². The fourth-order valence-electron chi connectivity index (χ4n) is 2.48. The van der Waals surface area contributed by atoms with Crippen LogP contribution in [0.25, 0.3) is 0 Å². The first-order valence-corrected chi connectivity index (χ1v) is 9.53. The van der Waals surface area contributed by atoms with Crippen molar-refractivity contribution in [2.45, 2.75) is 55.7 Å². The standard InChI is InChI=1S/C13H23N3O2S2.ClH/c1-11-15-10-13(19-11)20(17,18)16-9-8-14-12-6-4-2-3-5-7-12;/h10,12,14,16H,2-9H2,1H3;1H. The summed E-state index contributed by atoms with van der Waals surface area (Å²) in [4.78, 5) is 3.98. The molecule has 1 aliphatic rings. The largest absolute Gasteiger partial charge is 0.313 e. The Morgan fingerprint density at radius 3 is 2.48 bits per heavy atom. The van der Waals surface area contributed by atoms with Gasteiger partial charge in [0, 0.05) is 19.1 Å². The third kappa shape index (κ3) is 6.20. The predicted molar refractivity (Wildman–Crippen MR) is 88.8 cm³/mol. The topological polar surface area (TPSA) is 71.1 Å². The number of nitrogens with zero attached hydrogens (tertiary/aromatic N) is 1. The number of rotatable bonds is 6. The van der Waals surface area contributed by atoms with Crippen molar-refractivity contribution in [1.82, 2.24) is 15.0 Å². The minimum absolute atomic E-state index is 0. The molecule has 5 nitrogen and oxygen atoms in total. The van der Waals surface area contributed by atoms with E-state index in [2.05, 4.69) is 15.0 Å². The van der Waals surface area contributed by atoms with Gasteiger partial charge in [-0.2, -0.15) is 0 Å². The normalized spacial score (nSPS) is 17.2. The van der Waals surface area contributed by atoms with Gasteiger partial charge in [-0.3, -0.25) is 0 Å². The average Bonchev–Trinajstić information content (AvgIpc) is 2.70. The molecule has 0 saturated heterocycles. The van der Waals surface area contributed by atoms with Crippen LogP contribution in [0.15, 0.2) is 10.4 Å². The van der Waals surface area contributed by atoms with E-state index in [4.69, 9.17) is 0 Å². The lowest BCUT2D eigenvalue weighted by Gasteiger charge is -2.16. The van der Waals surface area contributed by atoms with Crippen molar-refractivity contribution in [2.24, 2.45) is 0 Å². The minimum Gasteiger partial charge on any atom is -0.313 e. The second kappa shape index (κ2) is 9.05. The molecule has 0 aromatic carbocycles. The zero-order chi connectivity index (χ0) is 14.4. The summed E-state index contributed by atoms with van der Waals surface area (Å²) >= 11 is 1.20. The number of nitrogens with one attached hydrogen (secondary N) is 2. The molecular weight excluding hydrogens is 330 g/mol. The van der Waals surface area contributed by atoms with Crippen molar-refractivity contribution in [2.75, 3.05) is 13.1 Å². The molecule has 0 amide bonds. The molecule has 8 heteroatoms. The summed E-state index contributed by atoms with van der Waals surface area (Å²) in [5, 5.41) is 4.22. The first-order valence-electron chi connectivity index (χ1n) is 7.23. The molecule has 1 fully saturated rings.